The molecular weight excluding hydrogens is 257 g/mol. The smallest absolute Gasteiger partial charge is 0.167 e. The van der Waals surface area contributed by atoms with E-state index < -0.39 is 8.38 Å². The summed E-state index contributed by atoms with van der Waals surface area (Å²) in [6.07, 6.45) is 6.32. The SMILES string of the molecule is CP(OCCC#N)OCCC1[C@H]2CCC#CCC[C@@H]12. The zero-order chi connectivity index (χ0) is 13.5. The molecule has 1 fully saturated rings. The van der Waals surface area contributed by atoms with E-state index in [4.69, 9.17) is 14.3 Å². The normalized spacial score (nSPS) is 30.0. The highest BCUT2D eigenvalue weighted by molar-refractivity contribution is 7.46. The average Bonchev–Trinajstić information content (AvgIpc) is 2.99. The minimum Gasteiger partial charge on any atom is -0.334 e. The molecule has 0 aromatic carbocycles. The molecule has 0 saturated heterocycles. The maximum atomic E-state index is 8.43. The number of hydrogen-bond acceptors (Lipinski definition) is 3. The Morgan fingerprint density at radius 1 is 1.16 bits per heavy atom. The second-order valence-corrected chi connectivity index (χ2v) is 6.62. The fourth-order valence-corrected chi connectivity index (χ4v) is 3.82. The molecule has 2 unspecified atom stereocenters. The van der Waals surface area contributed by atoms with Gasteiger partial charge in [-0.2, -0.15) is 5.26 Å². The Labute approximate surface area is 117 Å². The summed E-state index contributed by atoms with van der Waals surface area (Å²) >= 11 is 0. The third-order valence-electron chi connectivity index (χ3n) is 4.05. The molecular formula is C15H22NO2P. The maximum Gasteiger partial charge on any atom is 0.167 e. The summed E-state index contributed by atoms with van der Waals surface area (Å²) in [5.41, 5.74) is 0. The van der Waals surface area contributed by atoms with Gasteiger partial charge in [0.05, 0.1) is 25.7 Å². The van der Waals surface area contributed by atoms with Crippen LogP contribution in [0, 0.1) is 40.9 Å². The first-order chi connectivity index (χ1) is 9.33. The molecule has 0 bridgehead atoms. The first kappa shape index (κ1) is 14.8. The molecule has 2 aliphatic rings. The van der Waals surface area contributed by atoms with Crippen LogP contribution in [0.25, 0.3) is 0 Å². The third kappa shape index (κ3) is 4.77. The van der Waals surface area contributed by atoms with Crippen molar-refractivity contribution in [3.63, 3.8) is 0 Å². The van der Waals surface area contributed by atoms with Crippen molar-refractivity contribution >= 4 is 8.38 Å². The van der Waals surface area contributed by atoms with Crippen LogP contribution in [0.1, 0.15) is 38.5 Å². The molecule has 4 atom stereocenters. The molecule has 4 heteroatoms. The number of hydrogen-bond donors (Lipinski definition) is 0. The Bertz CT molecular complexity index is 364. The zero-order valence-corrected chi connectivity index (χ0v) is 12.5. The summed E-state index contributed by atoms with van der Waals surface area (Å²) in [5.74, 6) is 9.15. The van der Waals surface area contributed by atoms with Crippen molar-refractivity contribution in [1.29, 1.82) is 5.26 Å². The quantitative estimate of drug-likeness (QED) is 0.405. The highest BCUT2D eigenvalue weighted by atomic mass is 31.2. The van der Waals surface area contributed by atoms with Gasteiger partial charge in [0.25, 0.3) is 0 Å². The van der Waals surface area contributed by atoms with E-state index in [1.54, 1.807) is 0 Å². The van der Waals surface area contributed by atoms with Crippen LogP contribution in [0.15, 0.2) is 0 Å². The fraction of sp³-hybridized carbons (Fsp3) is 0.800. The van der Waals surface area contributed by atoms with Gasteiger partial charge in [-0.3, -0.25) is 0 Å². The molecule has 0 aromatic rings. The number of nitrogens with zero attached hydrogens (tertiary/aromatic N) is 1. The summed E-state index contributed by atoms with van der Waals surface area (Å²) in [7, 11) is -0.803. The van der Waals surface area contributed by atoms with E-state index in [2.05, 4.69) is 17.9 Å². The van der Waals surface area contributed by atoms with Crippen molar-refractivity contribution in [2.24, 2.45) is 17.8 Å². The highest BCUT2D eigenvalue weighted by Crippen LogP contribution is 2.54. The van der Waals surface area contributed by atoms with Crippen molar-refractivity contribution in [2.75, 3.05) is 19.9 Å². The Kier molecular flexibility index (Phi) is 6.12. The largest absolute Gasteiger partial charge is 0.334 e. The summed E-state index contributed by atoms with van der Waals surface area (Å²) in [4.78, 5) is 0. The summed E-state index contributed by atoms with van der Waals surface area (Å²) in [6, 6.07) is 2.07. The van der Waals surface area contributed by atoms with Gasteiger partial charge in [-0.15, -0.1) is 11.8 Å². The zero-order valence-electron chi connectivity index (χ0n) is 11.6. The van der Waals surface area contributed by atoms with Crippen molar-refractivity contribution in [2.45, 2.75) is 38.5 Å². The molecule has 0 heterocycles. The lowest BCUT2D eigenvalue weighted by Gasteiger charge is -2.11. The molecule has 0 aliphatic heterocycles. The van der Waals surface area contributed by atoms with Gasteiger partial charge in [0, 0.05) is 19.5 Å². The van der Waals surface area contributed by atoms with E-state index in [1.807, 2.05) is 6.66 Å². The molecule has 19 heavy (non-hydrogen) atoms. The lowest BCUT2D eigenvalue weighted by atomic mass is 10.1. The fourth-order valence-electron chi connectivity index (χ4n) is 3.04. The predicted molar refractivity (Wildman–Crippen MR) is 76.3 cm³/mol. The second-order valence-electron chi connectivity index (χ2n) is 5.23. The topological polar surface area (TPSA) is 42.2 Å². The van der Waals surface area contributed by atoms with Gasteiger partial charge in [0.1, 0.15) is 0 Å². The first-order valence-corrected chi connectivity index (χ1v) is 8.77. The van der Waals surface area contributed by atoms with Crippen molar-refractivity contribution in [3.8, 4) is 17.9 Å². The van der Waals surface area contributed by atoms with Crippen LogP contribution in [-0.2, 0) is 9.05 Å². The van der Waals surface area contributed by atoms with E-state index in [-0.39, 0.29) is 0 Å². The van der Waals surface area contributed by atoms with Crippen LogP contribution in [0.5, 0.6) is 0 Å². The third-order valence-corrected chi connectivity index (χ3v) is 5.14. The van der Waals surface area contributed by atoms with E-state index in [9.17, 15) is 0 Å². The van der Waals surface area contributed by atoms with Gasteiger partial charge in [0.2, 0.25) is 0 Å². The lowest BCUT2D eigenvalue weighted by Crippen LogP contribution is -1.96. The van der Waals surface area contributed by atoms with Crippen LogP contribution >= 0.6 is 8.38 Å². The van der Waals surface area contributed by atoms with Gasteiger partial charge in [-0.05, 0) is 37.0 Å². The molecule has 0 N–H and O–H groups in total. The lowest BCUT2D eigenvalue weighted by molar-refractivity contribution is 0.247. The van der Waals surface area contributed by atoms with Crippen LogP contribution < -0.4 is 0 Å². The summed E-state index contributed by atoms with van der Waals surface area (Å²) in [6.45, 7) is 3.26. The van der Waals surface area contributed by atoms with Crippen molar-refractivity contribution in [1.82, 2.24) is 0 Å². The molecule has 2 rings (SSSR count). The number of fused-ring (bicyclic) bond motifs is 1. The molecule has 0 aromatic heterocycles. The van der Waals surface area contributed by atoms with Crippen molar-refractivity contribution < 1.29 is 9.05 Å². The van der Waals surface area contributed by atoms with Gasteiger partial charge in [-0.25, -0.2) is 0 Å². The molecule has 0 amide bonds. The maximum absolute atomic E-state index is 8.43. The van der Waals surface area contributed by atoms with Crippen LogP contribution in [-0.4, -0.2) is 19.9 Å². The molecule has 0 radical (unpaired) electrons. The van der Waals surface area contributed by atoms with Gasteiger partial charge < -0.3 is 9.05 Å². The molecule has 1 saturated carbocycles. The van der Waals surface area contributed by atoms with Crippen LogP contribution in [0.4, 0.5) is 0 Å². The van der Waals surface area contributed by atoms with E-state index >= 15 is 0 Å². The summed E-state index contributed by atoms with van der Waals surface area (Å²) < 4.78 is 11.2. The first-order valence-electron chi connectivity index (χ1n) is 7.15. The van der Waals surface area contributed by atoms with Crippen LogP contribution in [0.2, 0.25) is 0 Å². The number of rotatable bonds is 7. The van der Waals surface area contributed by atoms with E-state index in [1.165, 1.54) is 12.8 Å². The Hall–Kier alpha value is -0.600. The summed E-state index contributed by atoms with van der Waals surface area (Å²) in [5, 5.41) is 8.43. The minimum atomic E-state index is -0.803. The van der Waals surface area contributed by atoms with Gasteiger partial charge in [0.15, 0.2) is 8.38 Å². The standard InChI is InChI=1S/C15H22NO2P/c1-19(17-11-6-10-16)18-12-9-15-13-7-4-2-3-5-8-14(13)15/h13-15H,4-9,11-12H2,1H3/t13-,14+,15?,19?. The number of nitriles is 1. The Morgan fingerprint density at radius 3 is 2.42 bits per heavy atom. The van der Waals surface area contributed by atoms with Crippen molar-refractivity contribution in [3.05, 3.63) is 0 Å². The highest BCUT2D eigenvalue weighted by Gasteiger charge is 2.47. The molecule has 0 spiro atoms. The van der Waals surface area contributed by atoms with E-state index in [0.717, 1.165) is 43.6 Å². The minimum absolute atomic E-state index is 0.447. The van der Waals surface area contributed by atoms with Gasteiger partial charge in [-0.1, -0.05) is 0 Å². The molecule has 2 aliphatic carbocycles. The Balaban J connectivity index is 1.56. The second kappa shape index (κ2) is 7.86. The molecule has 3 nitrogen and oxygen atoms in total. The monoisotopic (exact) mass is 279 g/mol. The predicted octanol–water partition coefficient (Wildman–Crippen LogP) is 3.70. The van der Waals surface area contributed by atoms with E-state index in [0.29, 0.717) is 13.0 Å². The average molecular weight is 279 g/mol. The van der Waals surface area contributed by atoms with Crippen LogP contribution in [0.3, 0.4) is 0 Å². The Morgan fingerprint density at radius 2 is 1.79 bits per heavy atom. The molecule has 104 valence electrons. The van der Waals surface area contributed by atoms with Gasteiger partial charge >= 0.3 is 0 Å².